The molecule has 1 atom stereocenters. The molecule has 3 rings (SSSR count). The Labute approximate surface area is 136 Å². The standard InChI is InChI=1S/C19H22N2O2/c1-13-7-8-14(9-18(13)23-2)11-21-19(22)17-10-15-5-3-4-6-16(15)12-20-17/h3-9,17,20H,10-12H2,1-2H3,(H,21,22). The molecule has 1 heterocycles. The summed E-state index contributed by atoms with van der Waals surface area (Å²) in [5.74, 6) is 0.889. The molecule has 4 heteroatoms. The van der Waals surface area contributed by atoms with Crippen molar-refractivity contribution in [2.45, 2.75) is 32.5 Å². The van der Waals surface area contributed by atoms with Crippen molar-refractivity contribution in [3.8, 4) is 5.75 Å². The van der Waals surface area contributed by atoms with E-state index in [2.05, 4.69) is 22.8 Å². The van der Waals surface area contributed by atoms with E-state index in [0.29, 0.717) is 6.54 Å². The van der Waals surface area contributed by atoms with Gasteiger partial charge in [0, 0.05) is 13.1 Å². The van der Waals surface area contributed by atoms with E-state index >= 15 is 0 Å². The van der Waals surface area contributed by atoms with Gasteiger partial charge in [0.05, 0.1) is 13.2 Å². The Balaban J connectivity index is 1.60. The third-order valence-electron chi connectivity index (χ3n) is 4.34. The van der Waals surface area contributed by atoms with Gasteiger partial charge in [0.25, 0.3) is 0 Å². The normalized spacial score (nSPS) is 16.5. The first-order chi connectivity index (χ1) is 11.2. The van der Waals surface area contributed by atoms with E-state index < -0.39 is 0 Å². The van der Waals surface area contributed by atoms with Gasteiger partial charge in [-0.1, -0.05) is 36.4 Å². The zero-order valence-electron chi connectivity index (χ0n) is 13.6. The molecule has 0 radical (unpaired) electrons. The number of carbonyl (C=O) groups is 1. The van der Waals surface area contributed by atoms with Gasteiger partial charge in [0.2, 0.25) is 5.91 Å². The van der Waals surface area contributed by atoms with E-state index in [9.17, 15) is 4.79 Å². The van der Waals surface area contributed by atoms with Crippen LogP contribution in [0.4, 0.5) is 0 Å². The average molecular weight is 310 g/mol. The highest BCUT2D eigenvalue weighted by Gasteiger charge is 2.23. The molecule has 2 N–H and O–H groups in total. The van der Waals surface area contributed by atoms with Crippen LogP contribution in [-0.4, -0.2) is 19.1 Å². The molecule has 1 unspecified atom stereocenters. The third-order valence-corrected chi connectivity index (χ3v) is 4.34. The summed E-state index contributed by atoms with van der Waals surface area (Å²) in [6.07, 6.45) is 0.735. The summed E-state index contributed by atoms with van der Waals surface area (Å²) in [6, 6.07) is 14.1. The number of carbonyl (C=O) groups excluding carboxylic acids is 1. The first kappa shape index (κ1) is 15.6. The predicted molar refractivity (Wildman–Crippen MR) is 90.4 cm³/mol. The number of amides is 1. The highest BCUT2D eigenvalue weighted by atomic mass is 16.5. The fraction of sp³-hybridized carbons (Fsp3) is 0.316. The summed E-state index contributed by atoms with van der Waals surface area (Å²) in [5.41, 5.74) is 4.66. The van der Waals surface area contributed by atoms with E-state index in [1.807, 2.05) is 37.3 Å². The molecule has 0 aliphatic carbocycles. The Morgan fingerprint density at radius 1 is 1.26 bits per heavy atom. The molecule has 4 nitrogen and oxygen atoms in total. The Morgan fingerprint density at radius 2 is 2.04 bits per heavy atom. The van der Waals surface area contributed by atoms with E-state index in [1.165, 1.54) is 11.1 Å². The Hall–Kier alpha value is -2.33. The lowest BCUT2D eigenvalue weighted by Crippen LogP contribution is -2.47. The molecule has 0 bridgehead atoms. The molecule has 0 aromatic heterocycles. The van der Waals surface area contributed by atoms with Crippen LogP contribution in [0.2, 0.25) is 0 Å². The maximum absolute atomic E-state index is 12.4. The predicted octanol–water partition coefficient (Wildman–Crippen LogP) is 2.33. The lowest BCUT2D eigenvalue weighted by atomic mass is 9.95. The molecule has 1 aliphatic heterocycles. The highest BCUT2D eigenvalue weighted by molar-refractivity contribution is 5.82. The van der Waals surface area contributed by atoms with Gasteiger partial charge in [-0.3, -0.25) is 4.79 Å². The molecule has 23 heavy (non-hydrogen) atoms. The lowest BCUT2D eigenvalue weighted by Gasteiger charge is -2.25. The van der Waals surface area contributed by atoms with Crippen molar-refractivity contribution in [3.63, 3.8) is 0 Å². The van der Waals surface area contributed by atoms with Gasteiger partial charge in [-0.2, -0.15) is 0 Å². The zero-order chi connectivity index (χ0) is 16.2. The zero-order valence-corrected chi connectivity index (χ0v) is 13.6. The minimum atomic E-state index is -0.169. The van der Waals surface area contributed by atoms with Crippen LogP contribution in [0.15, 0.2) is 42.5 Å². The number of methoxy groups -OCH3 is 1. The monoisotopic (exact) mass is 310 g/mol. The van der Waals surface area contributed by atoms with Gasteiger partial charge in [0.15, 0.2) is 0 Å². The van der Waals surface area contributed by atoms with Gasteiger partial charge in [0.1, 0.15) is 5.75 Å². The smallest absolute Gasteiger partial charge is 0.237 e. The summed E-state index contributed by atoms with van der Waals surface area (Å²) < 4.78 is 5.32. The largest absolute Gasteiger partial charge is 0.496 e. The fourth-order valence-electron chi connectivity index (χ4n) is 2.93. The third kappa shape index (κ3) is 3.54. The van der Waals surface area contributed by atoms with E-state index in [1.54, 1.807) is 7.11 Å². The van der Waals surface area contributed by atoms with Crippen LogP contribution in [0.25, 0.3) is 0 Å². The first-order valence-electron chi connectivity index (χ1n) is 7.89. The Bertz CT molecular complexity index is 712. The van der Waals surface area contributed by atoms with Gasteiger partial charge >= 0.3 is 0 Å². The quantitative estimate of drug-likeness (QED) is 0.911. The number of aryl methyl sites for hydroxylation is 1. The molecule has 0 spiro atoms. The molecular weight excluding hydrogens is 288 g/mol. The summed E-state index contributed by atoms with van der Waals surface area (Å²) in [6.45, 7) is 3.26. The number of ether oxygens (including phenoxy) is 1. The minimum absolute atomic E-state index is 0.0408. The SMILES string of the molecule is COc1cc(CNC(=O)C2Cc3ccccc3CN2)ccc1C. The van der Waals surface area contributed by atoms with Crippen molar-refractivity contribution in [1.29, 1.82) is 0 Å². The molecule has 2 aromatic rings. The summed E-state index contributed by atoms with van der Waals surface area (Å²) >= 11 is 0. The van der Waals surface area contributed by atoms with E-state index in [4.69, 9.17) is 4.74 Å². The highest BCUT2D eigenvalue weighted by Crippen LogP contribution is 2.19. The second kappa shape index (κ2) is 6.84. The summed E-state index contributed by atoms with van der Waals surface area (Å²) in [4.78, 5) is 12.4. The number of nitrogens with one attached hydrogen (secondary N) is 2. The van der Waals surface area contributed by atoms with Crippen molar-refractivity contribution in [1.82, 2.24) is 10.6 Å². The number of rotatable bonds is 4. The molecule has 0 saturated heterocycles. The van der Waals surface area contributed by atoms with Gasteiger partial charge in [-0.25, -0.2) is 0 Å². The van der Waals surface area contributed by atoms with Crippen molar-refractivity contribution in [3.05, 3.63) is 64.7 Å². The first-order valence-corrected chi connectivity index (χ1v) is 7.89. The van der Waals surface area contributed by atoms with Crippen LogP contribution in [0, 0.1) is 6.92 Å². The maximum Gasteiger partial charge on any atom is 0.237 e. The van der Waals surface area contributed by atoms with Crippen LogP contribution in [-0.2, 0) is 24.3 Å². The Kier molecular flexibility index (Phi) is 4.63. The molecule has 0 fully saturated rings. The molecule has 2 aromatic carbocycles. The van der Waals surface area contributed by atoms with E-state index in [-0.39, 0.29) is 11.9 Å². The van der Waals surface area contributed by atoms with Crippen molar-refractivity contribution in [2.75, 3.05) is 7.11 Å². The van der Waals surface area contributed by atoms with Crippen molar-refractivity contribution < 1.29 is 9.53 Å². The number of benzene rings is 2. The van der Waals surface area contributed by atoms with Crippen LogP contribution in [0.5, 0.6) is 5.75 Å². The van der Waals surface area contributed by atoms with Gasteiger partial charge < -0.3 is 15.4 Å². The number of hydrogen-bond donors (Lipinski definition) is 2. The van der Waals surface area contributed by atoms with Crippen molar-refractivity contribution >= 4 is 5.91 Å². The molecule has 0 saturated carbocycles. The summed E-state index contributed by atoms with van der Waals surface area (Å²) in [7, 11) is 1.66. The maximum atomic E-state index is 12.4. The van der Waals surface area contributed by atoms with Gasteiger partial charge in [-0.05, 0) is 41.7 Å². The van der Waals surface area contributed by atoms with Crippen LogP contribution >= 0.6 is 0 Å². The average Bonchev–Trinajstić information content (AvgIpc) is 2.60. The fourth-order valence-corrected chi connectivity index (χ4v) is 2.93. The van der Waals surface area contributed by atoms with Gasteiger partial charge in [-0.15, -0.1) is 0 Å². The van der Waals surface area contributed by atoms with Crippen molar-refractivity contribution in [2.24, 2.45) is 0 Å². The van der Waals surface area contributed by atoms with Crippen LogP contribution in [0.3, 0.4) is 0 Å². The second-order valence-electron chi connectivity index (χ2n) is 5.93. The topological polar surface area (TPSA) is 50.4 Å². The second-order valence-corrected chi connectivity index (χ2v) is 5.93. The van der Waals surface area contributed by atoms with Crippen LogP contribution < -0.4 is 15.4 Å². The molecule has 1 aliphatic rings. The van der Waals surface area contributed by atoms with Crippen LogP contribution in [0.1, 0.15) is 22.3 Å². The van der Waals surface area contributed by atoms with E-state index in [0.717, 1.165) is 29.8 Å². The Morgan fingerprint density at radius 3 is 2.83 bits per heavy atom. The molecule has 120 valence electrons. The number of hydrogen-bond acceptors (Lipinski definition) is 3. The lowest BCUT2D eigenvalue weighted by molar-refractivity contribution is -0.123. The molecular formula is C19H22N2O2. The molecule has 1 amide bonds. The minimum Gasteiger partial charge on any atom is -0.496 e. The summed E-state index contributed by atoms with van der Waals surface area (Å²) in [5, 5.41) is 6.32. The number of fused-ring (bicyclic) bond motifs is 1.